The van der Waals surface area contributed by atoms with Crippen molar-refractivity contribution in [1.29, 1.82) is 0 Å². The molecule has 0 bridgehead atoms. The van der Waals surface area contributed by atoms with E-state index in [1.54, 1.807) is 0 Å². The summed E-state index contributed by atoms with van der Waals surface area (Å²) < 4.78 is 2.35. The van der Waals surface area contributed by atoms with E-state index in [-0.39, 0.29) is 0 Å². The molecule has 1 saturated heterocycles. The minimum atomic E-state index is 0.320. The molecule has 1 atom stereocenters. The summed E-state index contributed by atoms with van der Waals surface area (Å²) >= 11 is 0. The van der Waals surface area contributed by atoms with Crippen LogP contribution in [-0.2, 0) is 11.3 Å². The van der Waals surface area contributed by atoms with Gasteiger partial charge < -0.3 is 9.47 Å². The zero-order valence-corrected chi connectivity index (χ0v) is 17.8. The second kappa shape index (κ2) is 7.75. The maximum Gasteiger partial charge on any atom is 0.225 e. The van der Waals surface area contributed by atoms with Crippen LogP contribution in [0.4, 0.5) is 0 Å². The van der Waals surface area contributed by atoms with E-state index < -0.39 is 0 Å². The molecule has 4 nitrogen and oxygen atoms in total. The monoisotopic (exact) mass is 399 g/mol. The standard InChI is InChI=1S/C26H29N3O/c1-18-14-23(21-6-4-3-5-7-21)10-11-24(18)25-27-15-19(2)29(25)17-20-12-13-28(16-20)26(30)22-8-9-22/h3-7,10-11,14-15,20,22H,8-9,12-13,16-17H2,1-2H3. The highest BCUT2D eigenvalue weighted by Gasteiger charge is 2.36. The Bertz CT molecular complexity index is 1070. The van der Waals surface area contributed by atoms with Gasteiger partial charge in [-0.05, 0) is 55.7 Å². The highest BCUT2D eigenvalue weighted by Crippen LogP contribution is 2.34. The van der Waals surface area contributed by atoms with Crippen molar-refractivity contribution >= 4 is 5.91 Å². The molecule has 1 unspecified atom stereocenters. The van der Waals surface area contributed by atoms with Gasteiger partial charge in [0, 0.05) is 43.0 Å². The summed E-state index contributed by atoms with van der Waals surface area (Å²) in [6, 6.07) is 17.1. The number of aromatic nitrogens is 2. The first-order valence-corrected chi connectivity index (χ1v) is 11.1. The number of hydrogen-bond donors (Lipinski definition) is 0. The van der Waals surface area contributed by atoms with E-state index in [2.05, 4.69) is 65.8 Å². The van der Waals surface area contributed by atoms with Crippen molar-refractivity contribution < 1.29 is 4.79 Å². The van der Waals surface area contributed by atoms with Crippen LogP contribution in [0.5, 0.6) is 0 Å². The van der Waals surface area contributed by atoms with Crippen LogP contribution < -0.4 is 0 Å². The third-order valence-corrected chi connectivity index (χ3v) is 6.59. The van der Waals surface area contributed by atoms with Crippen LogP contribution in [0.25, 0.3) is 22.5 Å². The second-order valence-electron chi connectivity index (χ2n) is 8.94. The van der Waals surface area contributed by atoms with Crippen molar-refractivity contribution in [3.8, 4) is 22.5 Å². The van der Waals surface area contributed by atoms with Crippen molar-refractivity contribution in [2.24, 2.45) is 11.8 Å². The number of aryl methyl sites for hydroxylation is 2. The third-order valence-electron chi connectivity index (χ3n) is 6.59. The smallest absolute Gasteiger partial charge is 0.225 e. The molecular weight excluding hydrogens is 370 g/mol. The number of imidazole rings is 1. The van der Waals surface area contributed by atoms with Crippen molar-refractivity contribution in [2.75, 3.05) is 13.1 Å². The lowest BCUT2D eigenvalue weighted by Gasteiger charge is -2.18. The molecule has 154 valence electrons. The van der Waals surface area contributed by atoms with Crippen LogP contribution in [0.2, 0.25) is 0 Å². The zero-order chi connectivity index (χ0) is 20.7. The fraction of sp³-hybridized carbons (Fsp3) is 0.385. The molecule has 2 heterocycles. The van der Waals surface area contributed by atoms with E-state index in [4.69, 9.17) is 4.98 Å². The molecule has 0 radical (unpaired) electrons. The largest absolute Gasteiger partial charge is 0.342 e. The van der Waals surface area contributed by atoms with Gasteiger partial charge in [-0.1, -0.05) is 48.5 Å². The molecule has 30 heavy (non-hydrogen) atoms. The molecule has 0 N–H and O–H groups in total. The minimum absolute atomic E-state index is 0.320. The van der Waals surface area contributed by atoms with E-state index in [0.717, 1.165) is 44.7 Å². The van der Waals surface area contributed by atoms with Gasteiger partial charge in [-0.25, -0.2) is 4.98 Å². The van der Waals surface area contributed by atoms with Gasteiger partial charge in [0.15, 0.2) is 0 Å². The number of rotatable bonds is 5. The quantitative estimate of drug-likeness (QED) is 0.599. The van der Waals surface area contributed by atoms with Crippen LogP contribution in [0, 0.1) is 25.7 Å². The Balaban J connectivity index is 1.37. The molecule has 0 spiro atoms. The minimum Gasteiger partial charge on any atom is -0.342 e. The molecule has 2 aromatic carbocycles. The summed E-state index contributed by atoms with van der Waals surface area (Å²) in [6.07, 6.45) is 5.23. The van der Waals surface area contributed by atoms with Crippen LogP contribution in [0.3, 0.4) is 0 Å². The molecule has 1 saturated carbocycles. The molecule has 4 heteroatoms. The zero-order valence-electron chi connectivity index (χ0n) is 17.8. The predicted molar refractivity (Wildman–Crippen MR) is 120 cm³/mol. The van der Waals surface area contributed by atoms with E-state index in [1.165, 1.54) is 27.9 Å². The van der Waals surface area contributed by atoms with Crippen LogP contribution in [0.1, 0.15) is 30.5 Å². The summed E-state index contributed by atoms with van der Waals surface area (Å²) in [4.78, 5) is 19.3. The highest BCUT2D eigenvalue weighted by molar-refractivity contribution is 5.81. The highest BCUT2D eigenvalue weighted by atomic mass is 16.2. The fourth-order valence-electron chi connectivity index (χ4n) is 4.66. The molecule has 2 aliphatic rings. The maximum absolute atomic E-state index is 12.4. The number of amides is 1. The number of hydrogen-bond acceptors (Lipinski definition) is 2. The maximum atomic E-state index is 12.4. The van der Waals surface area contributed by atoms with Gasteiger partial charge in [0.25, 0.3) is 0 Å². The second-order valence-corrected chi connectivity index (χ2v) is 8.94. The lowest BCUT2D eigenvalue weighted by molar-refractivity contribution is -0.131. The topological polar surface area (TPSA) is 38.1 Å². The van der Waals surface area contributed by atoms with Crippen LogP contribution >= 0.6 is 0 Å². The van der Waals surface area contributed by atoms with Crippen molar-refractivity contribution in [2.45, 2.75) is 39.7 Å². The average molecular weight is 400 g/mol. The molecule has 1 aliphatic heterocycles. The lowest BCUT2D eigenvalue weighted by atomic mass is 9.99. The Labute approximate surface area is 178 Å². The molecule has 1 amide bonds. The van der Waals surface area contributed by atoms with E-state index in [1.807, 2.05) is 12.3 Å². The van der Waals surface area contributed by atoms with Gasteiger partial charge in [-0.15, -0.1) is 0 Å². The van der Waals surface area contributed by atoms with Gasteiger partial charge in [-0.2, -0.15) is 0 Å². The van der Waals surface area contributed by atoms with Crippen molar-refractivity contribution in [3.63, 3.8) is 0 Å². The van der Waals surface area contributed by atoms with E-state index >= 15 is 0 Å². The van der Waals surface area contributed by atoms with Crippen molar-refractivity contribution in [3.05, 3.63) is 66.0 Å². The molecular formula is C26H29N3O. The van der Waals surface area contributed by atoms with Gasteiger partial charge in [0.1, 0.15) is 5.82 Å². The fourth-order valence-corrected chi connectivity index (χ4v) is 4.66. The average Bonchev–Trinajstić information content (AvgIpc) is 3.42. The van der Waals surface area contributed by atoms with Gasteiger partial charge in [-0.3, -0.25) is 4.79 Å². The summed E-state index contributed by atoms with van der Waals surface area (Å²) in [5.41, 5.74) is 6.07. The Hall–Kier alpha value is -2.88. The molecule has 2 fully saturated rings. The first kappa shape index (κ1) is 19.1. The van der Waals surface area contributed by atoms with Crippen LogP contribution in [-0.4, -0.2) is 33.4 Å². The Kier molecular flexibility index (Phi) is 4.93. The third kappa shape index (κ3) is 3.67. The molecule has 3 aromatic rings. The van der Waals surface area contributed by atoms with E-state index in [0.29, 0.717) is 17.7 Å². The number of benzene rings is 2. The van der Waals surface area contributed by atoms with E-state index in [9.17, 15) is 4.79 Å². The SMILES string of the molecule is Cc1cc(-c2ccccc2)ccc1-c1ncc(C)n1CC1CCN(C(=O)C2CC2)C1. The first-order chi connectivity index (χ1) is 14.6. The summed E-state index contributed by atoms with van der Waals surface area (Å²) in [5, 5.41) is 0. The summed E-state index contributed by atoms with van der Waals surface area (Å²) in [6.45, 7) is 7.02. The predicted octanol–water partition coefficient (Wildman–Crippen LogP) is 5.09. The normalized spacial score (nSPS) is 18.7. The number of likely N-dealkylation sites (tertiary alicyclic amines) is 1. The lowest BCUT2D eigenvalue weighted by Crippen LogP contribution is -2.30. The Morgan fingerprint density at radius 2 is 1.83 bits per heavy atom. The summed E-state index contributed by atoms with van der Waals surface area (Å²) in [5.74, 6) is 2.24. The summed E-state index contributed by atoms with van der Waals surface area (Å²) in [7, 11) is 0. The molecule has 5 rings (SSSR count). The van der Waals surface area contributed by atoms with Gasteiger partial charge >= 0.3 is 0 Å². The number of carbonyl (C=O) groups excluding carboxylic acids is 1. The molecule has 1 aliphatic carbocycles. The number of carbonyl (C=O) groups is 1. The van der Waals surface area contributed by atoms with Crippen molar-refractivity contribution in [1.82, 2.24) is 14.5 Å². The van der Waals surface area contributed by atoms with Gasteiger partial charge in [0.05, 0.1) is 0 Å². The first-order valence-electron chi connectivity index (χ1n) is 11.1. The number of nitrogens with zero attached hydrogens (tertiary/aromatic N) is 3. The van der Waals surface area contributed by atoms with Crippen LogP contribution in [0.15, 0.2) is 54.7 Å². The van der Waals surface area contributed by atoms with Gasteiger partial charge in [0.2, 0.25) is 5.91 Å². The Morgan fingerprint density at radius 1 is 1.03 bits per heavy atom. The molecule has 1 aromatic heterocycles. The Morgan fingerprint density at radius 3 is 2.57 bits per heavy atom.